The van der Waals surface area contributed by atoms with Crippen molar-refractivity contribution in [3.05, 3.63) is 64.3 Å². The predicted molar refractivity (Wildman–Crippen MR) is 73.1 cm³/mol. The highest BCUT2D eigenvalue weighted by Gasteiger charge is 2.50. The standard InChI is InChI=1S/C13H11BF2N2S/c15-14(16)17-7-1-4-10(17)13(12-6-3-9-19-12)11-5-2-8-18(11)14/h1-7,9,18H,8H2. The minimum atomic E-state index is -3.64. The first-order chi connectivity index (χ1) is 9.19. The molecule has 0 bridgehead atoms. The fraction of sp³-hybridized carbons (Fsp3) is 0.0769. The largest absolute Gasteiger partial charge is 0.663 e. The molecule has 0 aromatic carbocycles. The second kappa shape index (κ2) is 3.68. The van der Waals surface area contributed by atoms with Crippen LogP contribution in [0.2, 0.25) is 0 Å². The zero-order chi connectivity index (χ0) is 13.0. The molecule has 0 amide bonds. The van der Waals surface area contributed by atoms with E-state index < -0.39 is 6.97 Å². The summed E-state index contributed by atoms with van der Waals surface area (Å²) in [5.41, 5.74) is 2.29. The number of fused-ring (bicyclic) bond motifs is 2. The molecule has 1 unspecified atom stereocenters. The second-order valence-corrected chi connectivity index (χ2v) is 5.77. The van der Waals surface area contributed by atoms with Crippen LogP contribution in [0.1, 0.15) is 10.6 Å². The molecule has 96 valence electrons. The number of aromatic nitrogens is 1. The lowest BCUT2D eigenvalue weighted by atomic mass is 9.87. The van der Waals surface area contributed by atoms with Crippen molar-refractivity contribution in [3.8, 4) is 0 Å². The van der Waals surface area contributed by atoms with Crippen molar-refractivity contribution in [3.63, 3.8) is 0 Å². The van der Waals surface area contributed by atoms with Crippen LogP contribution in [0, 0.1) is 0 Å². The maximum absolute atomic E-state index is 14.5. The van der Waals surface area contributed by atoms with Crippen LogP contribution in [0.4, 0.5) is 8.63 Å². The van der Waals surface area contributed by atoms with E-state index in [9.17, 15) is 8.63 Å². The van der Waals surface area contributed by atoms with Gasteiger partial charge in [-0.05, 0) is 41.9 Å². The molecule has 0 fully saturated rings. The predicted octanol–water partition coefficient (Wildman–Crippen LogP) is 2.00. The summed E-state index contributed by atoms with van der Waals surface area (Å²) in [6, 6.07) is 7.42. The molecule has 0 radical (unpaired) electrons. The molecule has 1 atom stereocenters. The normalized spacial score (nSPS) is 23.6. The minimum absolute atomic E-state index is 0.270. The average Bonchev–Trinajstić information content (AvgIpc) is 3.11. The Morgan fingerprint density at radius 2 is 2.16 bits per heavy atom. The first-order valence-corrected chi connectivity index (χ1v) is 7.08. The molecule has 4 heterocycles. The molecule has 0 saturated heterocycles. The molecule has 2 aromatic heterocycles. The van der Waals surface area contributed by atoms with Crippen LogP contribution >= 0.6 is 11.3 Å². The van der Waals surface area contributed by atoms with Crippen LogP contribution in [-0.2, 0) is 0 Å². The Kier molecular flexibility index (Phi) is 2.17. The molecular formula is C13H11BF2N2S. The summed E-state index contributed by atoms with van der Waals surface area (Å²) in [4.78, 5) is 1.32. The van der Waals surface area contributed by atoms with Gasteiger partial charge in [-0.3, -0.25) is 0 Å². The fourth-order valence-electron chi connectivity index (χ4n) is 2.97. The van der Waals surface area contributed by atoms with Gasteiger partial charge < -0.3 is 17.9 Å². The van der Waals surface area contributed by atoms with E-state index in [0.717, 1.165) is 20.6 Å². The van der Waals surface area contributed by atoms with Crippen LogP contribution in [-0.4, -0.2) is 18.0 Å². The molecule has 0 aliphatic carbocycles. The fourth-order valence-corrected chi connectivity index (χ4v) is 3.76. The van der Waals surface area contributed by atoms with E-state index >= 15 is 0 Å². The van der Waals surface area contributed by atoms with Gasteiger partial charge in [0.2, 0.25) is 0 Å². The van der Waals surface area contributed by atoms with E-state index in [1.807, 2.05) is 29.7 Å². The van der Waals surface area contributed by atoms with E-state index in [1.54, 1.807) is 23.5 Å². The van der Waals surface area contributed by atoms with Crippen LogP contribution < -0.4 is 4.81 Å². The molecule has 2 aliphatic rings. The van der Waals surface area contributed by atoms with Gasteiger partial charge in [0.05, 0.1) is 12.1 Å². The zero-order valence-electron chi connectivity index (χ0n) is 10.0. The Labute approximate surface area is 113 Å². The van der Waals surface area contributed by atoms with Gasteiger partial charge in [-0.1, -0.05) is 6.07 Å². The number of halogens is 2. The number of rotatable bonds is 1. The maximum atomic E-state index is 14.5. The Morgan fingerprint density at radius 1 is 1.26 bits per heavy atom. The van der Waals surface area contributed by atoms with Crippen LogP contribution in [0.5, 0.6) is 0 Å². The summed E-state index contributed by atoms with van der Waals surface area (Å²) in [7, 11) is 0. The Hall–Kier alpha value is -1.66. The highest BCUT2D eigenvalue weighted by Crippen LogP contribution is 2.34. The van der Waals surface area contributed by atoms with Gasteiger partial charge in [0.1, 0.15) is 5.70 Å². The van der Waals surface area contributed by atoms with Gasteiger partial charge in [0.25, 0.3) is 0 Å². The first-order valence-electron chi connectivity index (χ1n) is 6.20. The van der Waals surface area contributed by atoms with Crippen LogP contribution in [0.15, 0.2) is 53.7 Å². The number of hydrogen-bond donors (Lipinski definition) is 1. The second-order valence-electron chi connectivity index (χ2n) is 4.82. The van der Waals surface area contributed by atoms with Crippen molar-refractivity contribution in [1.29, 1.82) is 0 Å². The third-order valence-corrected chi connectivity index (χ3v) is 4.70. The number of thiophene rings is 1. The van der Waals surface area contributed by atoms with Crippen molar-refractivity contribution >= 4 is 23.9 Å². The average molecular weight is 276 g/mol. The van der Waals surface area contributed by atoms with Gasteiger partial charge >= 0.3 is 6.97 Å². The van der Waals surface area contributed by atoms with Gasteiger partial charge in [0.15, 0.2) is 0 Å². The van der Waals surface area contributed by atoms with Crippen LogP contribution in [0.3, 0.4) is 0 Å². The lowest BCUT2D eigenvalue weighted by Gasteiger charge is -2.38. The van der Waals surface area contributed by atoms with Gasteiger partial charge in [-0.25, -0.2) is 0 Å². The smallest absolute Gasteiger partial charge is 0.407 e. The van der Waals surface area contributed by atoms with Crippen LogP contribution in [0.25, 0.3) is 5.57 Å². The summed E-state index contributed by atoms with van der Waals surface area (Å²) in [6.45, 7) is -3.29. The molecule has 0 saturated carbocycles. The van der Waals surface area contributed by atoms with Crippen molar-refractivity contribution in [1.82, 2.24) is 4.48 Å². The van der Waals surface area contributed by atoms with E-state index in [4.69, 9.17) is 0 Å². The van der Waals surface area contributed by atoms with Crippen molar-refractivity contribution in [2.75, 3.05) is 6.54 Å². The van der Waals surface area contributed by atoms with Crippen molar-refractivity contribution < 1.29 is 13.4 Å². The number of quaternary nitrogens is 1. The molecule has 0 spiro atoms. The number of nitrogens with one attached hydrogen (secondary N) is 1. The number of hydrogen-bond acceptors (Lipinski definition) is 1. The Morgan fingerprint density at radius 3 is 2.95 bits per heavy atom. The lowest BCUT2D eigenvalue weighted by molar-refractivity contribution is -0.754. The summed E-state index contributed by atoms with van der Waals surface area (Å²) < 4.78 is 30.2. The topological polar surface area (TPSA) is 9.37 Å². The minimum Gasteiger partial charge on any atom is -0.407 e. The van der Waals surface area contributed by atoms with Gasteiger partial charge in [-0.15, -0.1) is 11.3 Å². The van der Waals surface area contributed by atoms with Crippen molar-refractivity contribution in [2.24, 2.45) is 0 Å². The summed E-state index contributed by atoms with van der Waals surface area (Å²) in [6.07, 6.45) is 5.17. The highest BCUT2D eigenvalue weighted by atomic mass is 32.1. The quantitative estimate of drug-likeness (QED) is 0.763. The number of allylic oxidation sites excluding steroid dienone is 1. The Balaban J connectivity index is 2.05. The monoisotopic (exact) mass is 276 g/mol. The molecule has 2 nitrogen and oxygen atoms in total. The third-order valence-electron chi connectivity index (χ3n) is 3.81. The summed E-state index contributed by atoms with van der Waals surface area (Å²) >= 11 is 1.59. The molecule has 2 aliphatic heterocycles. The van der Waals surface area contributed by atoms with E-state index in [2.05, 4.69) is 0 Å². The molecule has 19 heavy (non-hydrogen) atoms. The summed E-state index contributed by atoms with van der Waals surface area (Å²) in [5.74, 6) is 0. The van der Waals surface area contributed by atoms with Crippen molar-refractivity contribution in [2.45, 2.75) is 0 Å². The first kappa shape index (κ1) is 11.2. The molecule has 6 heteroatoms. The van der Waals surface area contributed by atoms with Gasteiger partial charge in [-0.2, -0.15) is 0 Å². The van der Waals surface area contributed by atoms with E-state index in [-0.39, 0.29) is 4.81 Å². The highest BCUT2D eigenvalue weighted by molar-refractivity contribution is 7.11. The molecular weight excluding hydrogens is 265 g/mol. The maximum Gasteiger partial charge on any atom is 0.663 e. The third kappa shape index (κ3) is 1.38. The zero-order valence-corrected chi connectivity index (χ0v) is 10.8. The number of nitrogens with zero attached hydrogens (tertiary/aromatic N) is 1. The SMILES string of the molecule is F[B-]1(F)n2cccc2C(c2cccs2)=C2C=CC[NH+]21. The lowest BCUT2D eigenvalue weighted by Crippen LogP contribution is -3.20. The molecule has 1 N–H and O–H groups in total. The molecule has 4 rings (SSSR count). The Bertz CT molecular complexity index is 700. The summed E-state index contributed by atoms with van der Waals surface area (Å²) in [5, 5.41) is 1.98. The molecule has 2 aromatic rings. The van der Waals surface area contributed by atoms with E-state index in [1.165, 1.54) is 6.20 Å². The van der Waals surface area contributed by atoms with E-state index in [0.29, 0.717) is 12.2 Å². The van der Waals surface area contributed by atoms with Gasteiger partial charge in [0, 0.05) is 10.6 Å².